The van der Waals surface area contributed by atoms with E-state index in [9.17, 15) is 4.39 Å². The van der Waals surface area contributed by atoms with Crippen molar-refractivity contribution in [1.82, 2.24) is 20.4 Å². The summed E-state index contributed by atoms with van der Waals surface area (Å²) in [5, 5.41) is 6.69. The van der Waals surface area contributed by atoms with E-state index in [1.54, 1.807) is 20.0 Å². The topological polar surface area (TPSA) is 42.9 Å². The molecule has 1 aromatic carbocycles. The Kier molecular flexibility index (Phi) is 10.4. The van der Waals surface area contributed by atoms with E-state index in [0.717, 1.165) is 50.8 Å². The molecular formula is C19H33FIN5. The number of rotatable bonds is 6. The summed E-state index contributed by atoms with van der Waals surface area (Å²) in [4.78, 5) is 9.29. The molecule has 0 saturated carbocycles. The van der Waals surface area contributed by atoms with Gasteiger partial charge >= 0.3 is 0 Å². The molecule has 148 valence electrons. The van der Waals surface area contributed by atoms with Crippen molar-refractivity contribution in [2.24, 2.45) is 4.99 Å². The van der Waals surface area contributed by atoms with E-state index in [1.165, 1.54) is 6.07 Å². The highest BCUT2D eigenvalue weighted by molar-refractivity contribution is 14.0. The Morgan fingerprint density at radius 2 is 1.92 bits per heavy atom. The molecule has 1 aliphatic heterocycles. The summed E-state index contributed by atoms with van der Waals surface area (Å²) in [6.45, 7) is 13.4. The fraction of sp³-hybridized carbons (Fsp3) is 0.632. The standard InChI is InChI=1S/C19H32FN5.HI/c1-5-24-8-10-25(11-9-24)16(3)13-22-19(21-4)23-14-17-6-7-18(20)15(2)12-17;/h6-7,12,16H,5,8-11,13-14H2,1-4H3,(H2,21,22,23);1H. The lowest BCUT2D eigenvalue weighted by Gasteiger charge is -2.37. The van der Waals surface area contributed by atoms with Crippen molar-refractivity contribution >= 4 is 29.9 Å². The van der Waals surface area contributed by atoms with Crippen LogP contribution in [0.5, 0.6) is 0 Å². The Bertz CT molecular complexity index is 573. The number of nitrogens with zero attached hydrogens (tertiary/aromatic N) is 3. The van der Waals surface area contributed by atoms with Crippen molar-refractivity contribution in [2.75, 3.05) is 46.3 Å². The van der Waals surface area contributed by atoms with Crippen LogP contribution in [-0.4, -0.2) is 68.1 Å². The zero-order chi connectivity index (χ0) is 18.2. The molecule has 0 aromatic heterocycles. The highest BCUT2D eigenvalue weighted by Gasteiger charge is 2.20. The van der Waals surface area contributed by atoms with Gasteiger partial charge in [0, 0.05) is 52.4 Å². The molecule has 0 radical (unpaired) electrons. The largest absolute Gasteiger partial charge is 0.355 e. The zero-order valence-electron chi connectivity index (χ0n) is 16.4. The molecule has 2 rings (SSSR count). The van der Waals surface area contributed by atoms with Gasteiger partial charge in [-0.15, -0.1) is 24.0 Å². The number of aryl methyl sites for hydroxylation is 1. The van der Waals surface area contributed by atoms with Gasteiger partial charge in [-0.1, -0.05) is 19.1 Å². The number of aliphatic imine (C=N–C) groups is 1. The van der Waals surface area contributed by atoms with Gasteiger partial charge in [-0.25, -0.2) is 4.39 Å². The molecule has 1 fully saturated rings. The van der Waals surface area contributed by atoms with Gasteiger partial charge in [-0.3, -0.25) is 9.89 Å². The van der Waals surface area contributed by atoms with Crippen LogP contribution in [0.15, 0.2) is 23.2 Å². The molecule has 1 unspecified atom stereocenters. The second-order valence-corrected chi connectivity index (χ2v) is 6.71. The van der Waals surface area contributed by atoms with Crippen LogP contribution in [-0.2, 0) is 6.54 Å². The first-order valence-electron chi connectivity index (χ1n) is 9.19. The minimum Gasteiger partial charge on any atom is -0.355 e. The van der Waals surface area contributed by atoms with Crippen molar-refractivity contribution in [3.05, 3.63) is 35.1 Å². The predicted octanol–water partition coefficient (Wildman–Crippen LogP) is 2.44. The number of halogens is 2. The zero-order valence-corrected chi connectivity index (χ0v) is 18.7. The van der Waals surface area contributed by atoms with Gasteiger partial charge in [-0.05, 0) is 37.6 Å². The molecule has 1 aliphatic rings. The number of guanidine groups is 1. The SMILES string of the molecule is CCN1CCN(C(C)CNC(=NC)NCc2ccc(F)c(C)c2)CC1.I. The third-order valence-corrected chi connectivity index (χ3v) is 4.95. The number of hydrogen-bond donors (Lipinski definition) is 2. The smallest absolute Gasteiger partial charge is 0.191 e. The third kappa shape index (κ3) is 7.00. The summed E-state index contributed by atoms with van der Waals surface area (Å²) in [7, 11) is 1.77. The average molecular weight is 477 g/mol. The van der Waals surface area contributed by atoms with E-state index in [-0.39, 0.29) is 29.8 Å². The van der Waals surface area contributed by atoms with E-state index in [4.69, 9.17) is 0 Å². The summed E-state index contributed by atoms with van der Waals surface area (Å²) in [6.07, 6.45) is 0. The molecule has 1 heterocycles. The first-order chi connectivity index (χ1) is 12.0. The van der Waals surface area contributed by atoms with Crippen LogP contribution >= 0.6 is 24.0 Å². The third-order valence-electron chi connectivity index (χ3n) is 4.95. The Balaban J connectivity index is 0.00000338. The van der Waals surface area contributed by atoms with Gasteiger partial charge in [0.25, 0.3) is 0 Å². The summed E-state index contributed by atoms with van der Waals surface area (Å²) in [5.41, 5.74) is 1.72. The minimum atomic E-state index is -0.164. The average Bonchev–Trinajstić information content (AvgIpc) is 2.64. The van der Waals surface area contributed by atoms with Crippen LogP contribution in [0, 0.1) is 12.7 Å². The normalized spacial score (nSPS) is 17.5. The van der Waals surface area contributed by atoms with Crippen LogP contribution in [0.1, 0.15) is 25.0 Å². The van der Waals surface area contributed by atoms with Crippen LogP contribution in [0.3, 0.4) is 0 Å². The second kappa shape index (κ2) is 11.7. The van der Waals surface area contributed by atoms with Crippen molar-refractivity contribution in [3.8, 4) is 0 Å². The molecule has 0 amide bonds. The molecule has 1 saturated heterocycles. The lowest BCUT2D eigenvalue weighted by molar-refractivity contribution is 0.107. The summed E-state index contributed by atoms with van der Waals surface area (Å²) in [6, 6.07) is 5.65. The number of benzene rings is 1. The lowest BCUT2D eigenvalue weighted by atomic mass is 10.1. The molecule has 26 heavy (non-hydrogen) atoms. The number of hydrogen-bond acceptors (Lipinski definition) is 3. The Labute approximate surface area is 174 Å². The van der Waals surface area contributed by atoms with Crippen LogP contribution < -0.4 is 10.6 Å². The first-order valence-corrected chi connectivity index (χ1v) is 9.19. The number of piperazine rings is 1. The maximum atomic E-state index is 13.3. The molecular weight excluding hydrogens is 444 g/mol. The van der Waals surface area contributed by atoms with Gasteiger partial charge in [0.1, 0.15) is 5.82 Å². The fourth-order valence-corrected chi connectivity index (χ4v) is 3.12. The highest BCUT2D eigenvalue weighted by Crippen LogP contribution is 2.09. The molecule has 7 heteroatoms. The Morgan fingerprint density at radius 3 is 2.50 bits per heavy atom. The Morgan fingerprint density at radius 1 is 1.23 bits per heavy atom. The first kappa shape index (κ1) is 23.1. The summed E-state index contributed by atoms with van der Waals surface area (Å²) < 4.78 is 13.3. The van der Waals surface area contributed by atoms with Crippen LogP contribution in [0.4, 0.5) is 4.39 Å². The summed E-state index contributed by atoms with van der Waals surface area (Å²) >= 11 is 0. The van der Waals surface area contributed by atoms with Crippen molar-refractivity contribution in [3.63, 3.8) is 0 Å². The maximum absolute atomic E-state index is 13.3. The summed E-state index contributed by atoms with van der Waals surface area (Å²) in [5.74, 6) is 0.615. The van der Waals surface area contributed by atoms with Crippen molar-refractivity contribution in [2.45, 2.75) is 33.4 Å². The lowest BCUT2D eigenvalue weighted by Crippen LogP contribution is -2.53. The van der Waals surface area contributed by atoms with Crippen LogP contribution in [0.2, 0.25) is 0 Å². The van der Waals surface area contributed by atoms with E-state index in [1.807, 2.05) is 6.07 Å². The van der Waals surface area contributed by atoms with Gasteiger partial charge in [-0.2, -0.15) is 0 Å². The van der Waals surface area contributed by atoms with E-state index >= 15 is 0 Å². The van der Waals surface area contributed by atoms with Gasteiger partial charge in [0.05, 0.1) is 0 Å². The van der Waals surface area contributed by atoms with Crippen LogP contribution in [0.25, 0.3) is 0 Å². The van der Waals surface area contributed by atoms with Gasteiger partial charge in [0.15, 0.2) is 5.96 Å². The fourth-order valence-electron chi connectivity index (χ4n) is 3.12. The molecule has 0 bridgehead atoms. The molecule has 1 aromatic rings. The van der Waals surface area contributed by atoms with Crippen molar-refractivity contribution in [1.29, 1.82) is 0 Å². The minimum absolute atomic E-state index is 0. The number of likely N-dealkylation sites (N-methyl/N-ethyl adjacent to an activating group) is 1. The second-order valence-electron chi connectivity index (χ2n) is 6.71. The predicted molar refractivity (Wildman–Crippen MR) is 118 cm³/mol. The molecule has 5 nitrogen and oxygen atoms in total. The maximum Gasteiger partial charge on any atom is 0.191 e. The van der Waals surface area contributed by atoms with E-state index < -0.39 is 0 Å². The molecule has 2 N–H and O–H groups in total. The molecule has 0 spiro atoms. The quantitative estimate of drug-likeness (QED) is 0.376. The van der Waals surface area contributed by atoms with E-state index in [2.05, 4.69) is 39.3 Å². The Hall–Kier alpha value is -0.930. The van der Waals surface area contributed by atoms with Gasteiger partial charge in [0.2, 0.25) is 0 Å². The monoisotopic (exact) mass is 477 g/mol. The van der Waals surface area contributed by atoms with E-state index in [0.29, 0.717) is 18.2 Å². The molecule has 0 aliphatic carbocycles. The number of nitrogens with one attached hydrogen (secondary N) is 2. The van der Waals surface area contributed by atoms with Gasteiger partial charge < -0.3 is 15.5 Å². The molecule has 1 atom stereocenters. The van der Waals surface area contributed by atoms with Crippen molar-refractivity contribution < 1.29 is 4.39 Å². The highest BCUT2D eigenvalue weighted by atomic mass is 127.